The number of hydrogen-bond donors (Lipinski definition) is 1. The van der Waals surface area contributed by atoms with Gasteiger partial charge in [-0.1, -0.05) is 25.4 Å². The smallest absolute Gasteiger partial charge is 0.251 e. The Balaban J connectivity index is 1.76. The quantitative estimate of drug-likeness (QED) is 0.758. The first kappa shape index (κ1) is 22.0. The maximum absolute atomic E-state index is 13.3. The molecule has 0 aromatic heterocycles. The van der Waals surface area contributed by atoms with Crippen molar-refractivity contribution >= 4 is 23.4 Å². The number of carbonyl (C=O) groups excluding carboxylic acids is 2. The van der Waals surface area contributed by atoms with Crippen molar-refractivity contribution in [1.82, 2.24) is 10.2 Å². The number of rotatable bonds is 6. The minimum absolute atomic E-state index is 0.0550. The van der Waals surface area contributed by atoms with Gasteiger partial charge in [-0.25, -0.2) is 0 Å². The second kappa shape index (κ2) is 9.39. The number of fused-ring (bicyclic) bond motifs is 1. The van der Waals surface area contributed by atoms with E-state index >= 15 is 0 Å². The van der Waals surface area contributed by atoms with Crippen LogP contribution in [0.1, 0.15) is 35.3 Å². The van der Waals surface area contributed by atoms with Crippen molar-refractivity contribution < 1.29 is 19.1 Å². The van der Waals surface area contributed by atoms with E-state index in [-0.39, 0.29) is 17.7 Å². The SMILES string of the molecule is COc1cc2c(cc1OC)CN(C(=O)C(NC(=O)c1ccc(Cl)cc1)C(C)C)CC2. The highest BCUT2D eigenvalue weighted by Gasteiger charge is 2.31. The summed E-state index contributed by atoms with van der Waals surface area (Å²) in [5.41, 5.74) is 2.64. The van der Waals surface area contributed by atoms with Gasteiger partial charge in [0, 0.05) is 23.7 Å². The van der Waals surface area contributed by atoms with Crippen molar-refractivity contribution in [3.05, 3.63) is 58.1 Å². The van der Waals surface area contributed by atoms with Gasteiger partial charge in [-0.05, 0) is 59.9 Å². The molecule has 1 heterocycles. The lowest BCUT2D eigenvalue weighted by Gasteiger charge is -2.33. The highest BCUT2D eigenvalue weighted by molar-refractivity contribution is 6.30. The number of halogens is 1. The standard InChI is InChI=1S/C23H27ClN2O4/c1-14(2)21(25-22(27)15-5-7-18(24)8-6-15)23(28)26-10-9-16-11-19(29-3)20(30-4)12-17(16)13-26/h5-8,11-12,14,21H,9-10,13H2,1-4H3,(H,25,27). The molecule has 2 aromatic carbocycles. The zero-order chi connectivity index (χ0) is 21.8. The molecule has 1 aliphatic rings. The van der Waals surface area contributed by atoms with Crippen molar-refractivity contribution in [3.8, 4) is 11.5 Å². The number of carbonyl (C=O) groups is 2. The minimum atomic E-state index is -0.616. The van der Waals surface area contributed by atoms with E-state index in [4.69, 9.17) is 21.1 Å². The van der Waals surface area contributed by atoms with E-state index in [9.17, 15) is 9.59 Å². The summed E-state index contributed by atoms with van der Waals surface area (Å²) >= 11 is 5.90. The van der Waals surface area contributed by atoms with Crippen LogP contribution in [-0.2, 0) is 17.8 Å². The van der Waals surface area contributed by atoms with Crippen LogP contribution in [0.15, 0.2) is 36.4 Å². The van der Waals surface area contributed by atoms with Gasteiger partial charge in [0.25, 0.3) is 5.91 Å². The van der Waals surface area contributed by atoms with Gasteiger partial charge in [-0.2, -0.15) is 0 Å². The summed E-state index contributed by atoms with van der Waals surface area (Å²) in [4.78, 5) is 27.7. The summed E-state index contributed by atoms with van der Waals surface area (Å²) in [7, 11) is 3.20. The fraction of sp³-hybridized carbons (Fsp3) is 0.391. The molecule has 0 spiro atoms. The van der Waals surface area contributed by atoms with Gasteiger partial charge in [-0.3, -0.25) is 9.59 Å². The van der Waals surface area contributed by atoms with Crippen molar-refractivity contribution in [2.45, 2.75) is 32.9 Å². The lowest BCUT2D eigenvalue weighted by Crippen LogP contribution is -2.52. The first-order valence-electron chi connectivity index (χ1n) is 9.93. The number of methoxy groups -OCH3 is 2. The molecule has 0 fully saturated rings. The summed E-state index contributed by atoms with van der Waals surface area (Å²) in [5, 5.41) is 3.45. The number of nitrogens with zero attached hydrogens (tertiary/aromatic N) is 1. The minimum Gasteiger partial charge on any atom is -0.493 e. The van der Waals surface area contributed by atoms with E-state index in [2.05, 4.69) is 5.32 Å². The van der Waals surface area contributed by atoms with Gasteiger partial charge in [-0.15, -0.1) is 0 Å². The van der Waals surface area contributed by atoms with Gasteiger partial charge >= 0.3 is 0 Å². The molecular formula is C23H27ClN2O4. The second-order valence-corrected chi connectivity index (χ2v) is 8.12. The number of amides is 2. The van der Waals surface area contributed by atoms with Gasteiger partial charge in [0.05, 0.1) is 14.2 Å². The number of nitrogens with one attached hydrogen (secondary N) is 1. The van der Waals surface area contributed by atoms with E-state index in [0.717, 1.165) is 17.5 Å². The van der Waals surface area contributed by atoms with E-state index < -0.39 is 6.04 Å². The van der Waals surface area contributed by atoms with Crippen LogP contribution in [0.5, 0.6) is 11.5 Å². The fourth-order valence-electron chi connectivity index (χ4n) is 3.61. The summed E-state index contributed by atoms with van der Waals surface area (Å²) in [6.45, 7) is 4.91. The van der Waals surface area contributed by atoms with Crippen LogP contribution in [0, 0.1) is 5.92 Å². The molecule has 7 heteroatoms. The normalized spacial score (nSPS) is 14.1. The van der Waals surface area contributed by atoms with Crippen LogP contribution in [0.25, 0.3) is 0 Å². The fourth-order valence-corrected chi connectivity index (χ4v) is 3.73. The molecule has 30 heavy (non-hydrogen) atoms. The van der Waals surface area contributed by atoms with E-state index in [0.29, 0.717) is 35.2 Å². The van der Waals surface area contributed by atoms with Crippen LogP contribution in [0.2, 0.25) is 5.02 Å². The molecule has 0 saturated heterocycles. The topological polar surface area (TPSA) is 67.9 Å². The summed E-state index contributed by atoms with van der Waals surface area (Å²) in [6, 6.07) is 9.89. The molecule has 160 valence electrons. The van der Waals surface area contributed by atoms with Crippen LogP contribution >= 0.6 is 11.6 Å². The van der Waals surface area contributed by atoms with Crippen molar-refractivity contribution in [2.24, 2.45) is 5.92 Å². The zero-order valence-electron chi connectivity index (χ0n) is 17.7. The molecule has 1 N–H and O–H groups in total. The summed E-state index contributed by atoms with van der Waals surface area (Å²) in [6.07, 6.45) is 0.720. The molecular weight excluding hydrogens is 404 g/mol. The Hall–Kier alpha value is -2.73. The molecule has 1 unspecified atom stereocenters. The number of benzene rings is 2. The lowest BCUT2D eigenvalue weighted by atomic mass is 9.96. The maximum Gasteiger partial charge on any atom is 0.251 e. The molecule has 6 nitrogen and oxygen atoms in total. The molecule has 0 bridgehead atoms. The Labute approximate surface area is 182 Å². The Morgan fingerprint density at radius 3 is 2.20 bits per heavy atom. The van der Waals surface area contributed by atoms with Gasteiger partial charge in [0.15, 0.2) is 11.5 Å². The molecule has 2 amide bonds. The average molecular weight is 431 g/mol. The Morgan fingerprint density at radius 1 is 1.03 bits per heavy atom. The average Bonchev–Trinajstić information content (AvgIpc) is 2.75. The zero-order valence-corrected chi connectivity index (χ0v) is 18.5. The highest BCUT2D eigenvalue weighted by Crippen LogP contribution is 2.33. The van der Waals surface area contributed by atoms with Crippen molar-refractivity contribution in [2.75, 3.05) is 20.8 Å². The first-order chi connectivity index (χ1) is 14.3. The highest BCUT2D eigenvalue weighted by atomic mass is 35.5. The summed E-state index contributed by atoms with van der Waals surface area (Å²) < 4.78 is 10.8. The summed E-state index contributed by atoms with van der Waals surface area (Å²) in [5.74, 6) is 0.893. The third-order valence-corrected chi connectivity index (χ3v) is 5.61. The van der Waals surface area contributed by atoms with E-state index in [1.54, 1.807) is 43.4 Å². The number of ether oxygens (including phenoxy) is 2. The molecule has 1 atom stereocenters. The molecule has 1 aliphatic heterocycles. The van der Waals surface area contributed by atoms with Gasteiger partial charge in [0.2, 0.25) is 5.91 Å². The monoisotopic (exact) mass is 430 g/mol. The first-order valence-corrected chi connectivity index (χ1v) is 10.3. The Bertz CT molecular complexity index is 928. The maximum atomic E-state index is 13.3. The van der Waals surface area contributed by atoms with Crippen LogP contribution < -0.4 is 14.8 Å². The third kappa shape index (κ3) is 4.70. The molecule has 0 radical (unpaired) electrons. The Morgan fingerprint density at radius 2 is 1.63 bits per heavy atom. The Kier molecular flexibility index (Phi) is 6.87. The van der Waals surface area contributed by atoms with Crippen LogP contribution in [-0.4, -0.2) is 43.5 Å². The molecule has 2 aromatic rings. The van der Waals surface area contributed by atoms with Crippen LogP contribution in [0.3, 0.4) is 0 Å². The van der Waals surface area contributed by atoms with E-state index in [1.165, 1.54) is 0 Å². The lowest BCUT2D eigenvalue weighted by molar-refractivity contribution is -0.135. The largest absolute Gasteiger partial charge is 0.493 e. The van der Waals surface area contributed by atoms with Crippen LogP contribution in [0.4, 0.5) is 0 Å². The van der Waals surface area contributed by atoms with Crippen molar-refractivity contribution in [3.63, 3.8) is 0 Å². The van der Waals surface area contributed by atoms with Crippen molar-refractivity contribution in [1.29, 1.82) is 0 Å². The van der Waals surface area contributed by atoms with Gasteiger partial charge < -0.3 is 19.7 Å². The second-order valence-electron chi connectivity index (χ2n) is 7.69. The molecule has 3 rings (SSSR count). The third-order valence-electron chi connectivity index (χ3n) is 5.36. The molecule has 0 aliphatic carbocycles. The molecule has 0 saturated carbocycles. The van der Waals surface area contributed by atoms with Gasteiger partial charge in [0.1, 0.15) is 6.04 Å². The number of hydrogen-bond acceptors (Lipinski definition) is 4. The predicted octanol–water partition coefficient (Wildman–Crippen LogP) is 3.70. The predicted molar refractivity (Wildman–Crippen MR) is 116 cm³/mol. The van der Waals surface area contributed by atoms with E-state index in [1.807, 2.05) is 26.0 Å².